The minimum atomic E-state index is 1.06. The molecule has 0 fully saturated rings. The molecule has 0 amide bonds. The zero-order valence-corrected chi connectivity index (χ0v) is 8.40. The predicted molar refractivity (Wildman–Crippen MR) is 34.6 cm³/mol. The summed E-state index contributed by atoms with van der Waals surface area (Å²) in [6.45, 7) is 2.17. The molecule has 0 aliphatic heterocycles. The molecule has 0 nitrogen and oxygen atoms in total. The Morgan fingerprint density at radius 3 is 2.57 bits per heavy atom. The summed E-state index contributed by atoms with van der Waals surface area (Å²) < 4.78 is 1.46. The van der Waals surface area contributed by atoms with E-state index < -0.39 is 0 Å². The predicted octanol–water partition coefficient (Wildman–Crippen LogP) is 1.93. The minimum absolute atomic E-state index is 1.06. The monoisotopic (exact) mass is 122 g/mol. The molecule has 0 atom stereocenters. The third kappa shape index (κ3) is 7.38. The molecular formula is C6H11K. The van der Waals surface area contributed by atoms with Crippen molar-refractivity contribution in [3.8, 4) is 0 Å². The van der Waals surface area contributed by atoms with Crippen LogP contribution in [0.15, 0.2) is 12.2 Å². The van der Waals surface area contributed by atoms with Gasteiger partial charge in [0.1, 0.15) is 0 Å². The van der Waals surface area contributed by atoms with Crippen molar-refractivity contribution in [2.24, 2.45) is 0 Å². The van der Waals surface area contributed by atoms with Crippen LogP contribution in [0.2, 0.25) is 0.515 Å². The van der Waals surface area contributed by atoms with E-state index in [-0.39, 0.29) is 0 Å². The summed E-state index contributed by atoms with van der Waals surface area (Å²) in [5, 5.41) is 0. The van der Waals surface area contributed by atoms with Crippen LogP contribution in [0.1, 0.15) is 19.8 Å². The molecule has 1 heteroatoms. The molecule has 36 valence electrons. The average Bonchev–Trinajstić information content (AvgIpc) is 1.69. The molecule has 0 aromatic carbocycles. The van der Waals surface area contributed by atoms with Crippen LogP contribution in [0.4, 0.5) is 0 Å². The van der Waals surface area contributed by atoms with Gasteiger partial charge in [-0.1, -0.05) is 0 Å². The average molecular weight is 122 g/mol. The van der Waals surface area contributed by atoms with Crippen LogP contribution in [0.5, 0.6) is 0 Å². The summed E-state index contributed by atoms with van der Waals surface area (Å²) in [6.07, 6.45) is 7.05. The molecular weight excluding hydrogens is 111 g/mol. The number of hydrogen-bond acceptors (Lipinski definition) is 0. The molecule has 0 spiro atoms. The summed E-state index contributed by atoms with van der Waals surface area (Å²) in [7, 11) is 0. The molecule has 0 aromatic heterocycles. The standard InChI is InChI=1S/C6H11.K/c1-3-5-6-4-2;/h5-6H,1,3-4H2,2H3;/b6-5+;. The number of rotatable bonds is 3. The van der Waals surface area contributed by atoms with E-state index in [2.05, 4.69) is 19.1 Å². The van der Waals surface area contributed by atoms with Gasteiger partial charge < -0.3 is 0 Å². The summed E-state index contributed by atoms with van der Waals surface area (Å²) in [6, 6.07) is 0. The summed E-state index contributed by atoms with van der Waals surface area (Å²) in [4.78, 5) is 0. The van der Waals surface area contributed by atoms with Crippen molar-refractivity contribution in [3.05, 3.63) is 12.2 Å². The molecule has 0 unspecified atom stereocenters. The molecule has 7 heavy (non-hydrogen) atoms. The maximum absolute atomic E-state index is 2.28. The van der Waals surface area contributed by atoms with Crippen LogP contribution in [-0.4, -0.2) is 49.0 Å². The second-order valence-electron chi connectivity index (χ2n) is 1.67. The van der Waals surface area contributed by atoms with Gasteiger partial charge in [0.15, 0.2) is 0 Å². The molecule has 0 N–H and O–H groups in total. The Hall–Kier alpha value is 1.38. The SMILES string of the molecule is CC/C=C/C[CH2][K]. The Morgan fingerprint density at radius 1 is 1.43 bits per heavy atom. The van der Waals surface area contributed by atoms with Crippen LogP contribution < -0.4 is 0 Å². The van der Waals surface area contributed by atoms with Gasteiger partial charge in [-0.3, -0.25) is 0 Å². The first-order valence-electron chi connectivity index (χ1n) is 3.06. The van der Waals surface area contributed by atoms with Crippen molar-refractivity contribution in [1.82, 2.24) is 0 Å². The van der Waals surface area contributed by atoms with E-state index in [4.69, 9.17) is 0 Å². The van der Waals surface area contributed by atoms with E-state index in [0.29, 0.717) is 0 Å². The zero-order valence-electron chi connectivity index (χ0n) is 5.28. The first-order valence-corrected chi connectivity index (χ1v) is 5.27. The van der Waals surface area contributed by atoms with Crippen molar-refractivity contribution >= 4 is 49.0 Å². The quantitative estimate of drug-likeness (QED) is 0.396. The number of allylic oxidation sites excluding steroid dienone is 2. The van der Waals surface area contributed by atoms with Crippen LogP contribution in [0.3, 0.4) is 0 Å². The van der Waals surface area contributed by atoms with Gasteiger partial charge in [0.2, 0.25) is 0 Å². The molecule has 0 heterocycles. The fourth-order valence-electron chi connectivity index (χ4n) is 0.451. The topological polar surface area (TPSA) is 0 Å². The first-order chi connectivity index (χ1) is 3.41. The number of hydrogen-bond donors (Lipinski definition) is 0. The van der Waals surface area contributed by atoms with Crippen LogP contribution in [-0.2, 0) is 0 Å². The summed E-state index contributed by atoms with van der Waals surface area (Å²) >= 11 is 1.06. The molecule has 0 bridgehead atoms. The normalized spacial score (nSPS) is 10.7. The molecule has 0 saturated heterocycles. The fourth-order valence-corrected chi connectivity index (χ4v) is 0.972. The van der Waals surface area contributed by atoms with E-state index in [1.54, 1.807) is 0 Å². The second kappa shape index (κ2) is 7.38. The molecule has 0 saturated carbocycles. The van der Waals surface area contributed by atoms with Crippen molar-refractivity contribution in [2.75, 3.05) is 0 Å². The molecule has 0 aliphatic rings. The van der Waals surface area contributed by atoms with Gasteiger partial charge in [0.25, 0.3) is 0 Å². The Balaban J connectivity index is 2.78. The van der Waals surface area contributed by atoms with Crippen LogP contribution in [0.25, 0.3) is 0 Å². The van der Waals surface area contributed by atoms with Crippen LogP contribution in [0, 0.1) is 0 Å². The third-order valence-electron chi connectivity index (χ3n) is 0.858. The Bertz CT molecular complexity index is 48.1. The van der Waals surface area contributed by atoms with Crippen molar-refractivity contribution < 1.29 is 0 Å². The first kappa shape index (κ1) is 8.38. The van der Waals surface area contributed by atoms with Gasteiger partial charge in [-0.15, -0.1) is 0 Å². The maximum atomic E-state index is 2.28. The Labute approximate surface area is 80.0 Å². The second-order valence-corrected chi connectivity index (χ2v) is 3.23. The van der Waals surface area contributed by atoms with E-state index in [9.17, 15) is 0 Å². The van der Waals surface area contributed by atoms with Crippen molar-refractivity contribution in [2.45, 2.75) is 20.3 Å². The molecule has 0 aromatic rings. The third-order valence-corrected chi connectivity index (χ3v) is 1.76. The Kier molecular flexibility index (Phi) is 8.83. The molecule has 0 radical (unpaired) electrons. The fraction of sp³-hybridized carbons (Fsp3) is 0.667. The van der Waals surface area contributed by atoms with Crippen LogP contribution >= 0.6 is 0 Å². The Morgan fingerprint density at radius 2 is 2.14 bits per heavy atom. The van der Waals surface area contributed by atoms with Gasteiger partial charge in [-0.05, 0) is 0 Å². The molecule has 0 rings (SSSR count). The van der Waals surface area contributed by atoms with Crippen molar-refractivity contribution in [3.63, 3.8) is 0 Å². The van der Waals surface area contributed by atoms with Crippen molar-refractivity contribution in [1.29, 1.82) is 0 Å². The van der Waals surface area contributed by atoms with Gasteiger partial charge >= 0.3 is 81.4 Å². The molecule has 0 aliphatic carbocycles. The van der Waals surface area contributed by atoms with E-state index >= 15 is 0 Å². The van der Waals surface area contributed by atoms with Gasteiger partial charge in [-0.25, -0.2) is 0 Å². The van der Waals surface area contributed by atoms with E-state index in [1.165, 1.54) is 13.4 Å². The van der Waals surface area contributed by atoms with Gasteiger partial charge in [0.05, 0.1) is 0 Å². The summed E-state index contributed by atoms with van der Waals surface area (Å²) in [5.74, 6) is 0. The van der Waals surface area contributed by atoms with E-state index in [1.807, 2.05) is 0 Å². The zero-order chi connectivity index (χ0) is 5.54. The van der Waals surface area contributed by atoms with Gasteiger partial charge in [0, 0.05) is 0 Å². The van der Waals surface area contributed by atoms with E-state index in [0.717, 1.165) is 49.0 Å². The summed E-state index contributed by atoms with van der Waals surface area (Å²) in [5.41, 5.74) is 0. The van der Waals surface area contributed by atoms with Gasteiger partial charge in [-0.2, -0.15) is 0 Å².